The molecular weight excluding hydrogens is 318 g/mol. The highest BCUT2D eigenvalue weighted by atomic mass is 16.4. The van der Waals surface area contributed by atoms with Gasteiger partial charge < -0.3 is 15.3 Å². The lowest BCUT2D eigenvalue weighted by molar-refractivity contribution is -0.139. The number of aliphatic carboxylic acids is 1. The number of rotatable bonds is 9. The van der Waals surface area contributed by atoms with Crippen molar-refractivity contribution >= 4 is 11.9 Å². The summed E-state index contributed by atoms with van der Waals surface area (Å²) in [7, 11) is 0. The van der Waals surface area contributed by atoms with Crippen LogP contribution in [0.4, 0.5) is 0 Å². The molecule has 1 fully saturated rings. The molecule has 2 N–H and O–H groups in total. The van der Waals surface area contributed by atoms with E-state index in [2.05, 4.69) is 17.2 Å². The summed E-state index contributed by atoms with van der Waals surface area (Å²) < 4.78 is 0. The van der Waals surface area contributed by atoms with Crippen molar-refractivity contribution in [3.8, 4) is 0 Å². The van der Waals surface area contributed by atoms with E-state index in [1.165, 1.54) is 0 Å². The van der Waals surface area contributed by atoms with Gasteiger partial charge in [0.2, 0.25) is 5.91 Å². The molecule has 0 radical (unpaired) electrons. The fraction of sp³-hybridized carbons (Fsp3) is 0.632. The third-order valence-electron chi connectivity index (χ3n) is 4.96. The highest BCUT2D eigenvalue weighted by molar-refractivity contribution is 5.77. The number of nitrogens with one attached hydrogen (secondary N) is 1. The van der Waals surface area contributed by atoms with Crippen LogP contribution in [0.2, 0.25) is 0 Å². The van der Waals surface area contributed by atoms with Crippen LogP contribution in [0.15, 0.2) is 24.5 Å². The van der Waals surface area contributed by atoms with E-state index in [9.17, 15) is 9.59 Å². The van der Waals surface area contributed by atoms with Crippen LogP contribution in [-0.4, -0.2) is 46.0 Å². The summed E-state index contributed by atoms with van der Waals surface area (Å²) in [6, 6.07) is 3.59. The number of unbranched alkanes of at least 4 members (excludes halogenated alkanes) is 1. The highest BCUT2D eigenvalue weighted by Gasteiger charge is 2.35. The van der Waals surface area contributed by atoms with Gasteiger partial charge in [-0.2, -0.15) is 0 Å². The van der Waals surface area contributed by atoms with Crippen molar-refractivity contribution < 1.29 is 14.7 Å². The number of carboxylic acids is 1. The van der Waals surface area contributed by atoms with E-state index in [4.69, 9.17) is 5.11 Å². The molecule has 0 saturated carbocycles. The van der Waals surface area contributed by atoms with E-state index in [0.717, 1.165) is 31.4 Å². The van der Waals surface area contributed by atoms with Crippen LogP contribution in [-0.2, 0) is 9.59 Å². The normalized spacial score (nSPS) is 21.3. The van der Waals surface area contributed by atoms with Crippen LogP contribution in [0.1, 0.15) is 57.6 Å². The van der Waals surface area contributed by atoms with Gasteiger partial charge in [-0.05, 0) is 49.8 Å². The largest absolute Gasteiger partial charge is 0.480 e. The first-order chi connectivity index (χ1) is 12.0. The third-order valence-corrected chi connectivity index (χ3v) is 4.96. The van der Waals surface area contributed by atoms with E-state index in [0.29, 0.717) is 25.3 Å². The molecule has 25 heavy (non-hydrogen) atoms. The van der Waals surface area contributed by atoms with Crippen molar-refractivity contribution in [1.29, 1.82) is 0 Å². The Morgan fingerprint density at radius 1 is 1.44 bits per heavy atom. The Morgan fingerprint density at radius 3 is 2.88 bits per heavy atom. The van der Waals surface area contributed by atoms with Crippen LogP contribution in [0, 0.1) is 5.92 Å². The van der Waals surface area contributed by atoms with Gasteiger partial charge in [0.1, 0.15) is 6.04 Å². The molecule has 0 aromatic carbocycles. The summed E-state index contributed by atoms with van der Waals surface area (Å²) in [6.45, 7) is 5.46. The molecule has 1 saturated heterocycles. The van der Waals surface area contributed by atoms with Crippen LogP contribution < -0.4 is 5.32 Å². The number of likely N-dealkylation sites (tertiary alicyclic amines) is 1. The number of pyridine rings is 1. The summed E-state index contributed by atoms with van der Waals surface area (Å²) in [5.41, 5.74) is 1.11. The number of nitrogens with zero attached hydrogens (tertiary/aromatic N) is 2. The SMILES string of the molecule is CC[C@@H](NCCCCC(=O)N1CC[C@H](C)[C@@H]1c1cccnc1)C(=O)O. The molecule has 3 atom stereocenters. The molecule has 1 aliphatic heterocycles. The van der Waals surface area contributed by atoms with Gasteiger partial charge in [-0.25, -0.2) is 0 Å². The van der Waals surface area contributed by atoms with Crippen molar-refractivity contribution in [2.45, 2.75) is 58.0 Å². The average Bonchev–Trinajstić information content (AvgIpc) is 3.00. The zero-order valence-corrected chi connectivity index (χ0v) is 15.1. The van der Waals surface area contributed by atoms with Crippen molar-refractivity contribution in [3.63, 3.8) is 0 Å². The maximum Gasteiger partial charge on any atom is 0.320 e. The average molecular weight is 347 g/mol. The number of hydrogen-bond donors (Lipinski definition) is 2. The molecule has 1 aliphatic rings. The fourth-order valence-electron chi connectivity index (χ4n) is 3.51. The van der Waals surface area contributed by atoms with Crippen molar-refractivity contribution in [2.24, 2.45) is 5.92 Å². The van der Waals surface area contributed by atoms with Crippen LogP contribution in [0.3, 0.4) is 0 Å². The Labute approximate surface area is 149 Å². The first-order valence-corrected chi connectivity index (χ1v) is 9.20. The van der Waals surface area contributed by atoms with Gasteiger partial charge in [0.25, 0.3) is 0 Å². The van der Waals surface area contributed by atoms with Gasteiger partial charge in [-0.3, -0.25) is 14.6 Å². The minimum atomic E-state index is -0.816. The number of hydrogen-bond acceptors (Lipinski definition) is 4. The van der Waals surface area contributed by atoms with E-state index in [1.54, 1.807) is 6.20 Å². The van der Waals surface area contributed by atoms with Crippen molar-refractivity contribution in [2.75, 3.05) is 13.1 Å². The Hall–Kier alpha value is -1.95. The monoisotopic (exact) mass is 347 g/mol. The van der Waals surface area contributed by atoms with Gasteiger partial charge >= 0.3 is 5.97 Å². The molecule has 138 valence electrons. The summed E-state index contributed by atoms with van der Waals surface area (Å²) in [4.78, 5) is 29.8. The lowest BCUT2D eigenvalue weighted by atomic mass is 9.96. The zero-order chi connectivity index (χ0) is 18.2. The van der Waals surface area contributed by atoms with Crippen molar-refractivity contribution in [1.82, 2.24) is 15.2 Å². The quantitative estimate of drug-likeness (QED) is 0.671. The molecule has 2 rings (SSSR count). The molecule has 0 bridgehead atoms. The minimum absolute atomic E-state index is 0.121. The summed E-state index contributed by atoms with van der Waals surface area (Å²) in [6.07, 6.45) is 7.27. The first-order valence-electron chi connectivity index (χ1n) is 9.20. The van der Waals surface area contributed by atoms with Crippen LogP contribution in [0.25, 0.3) is 0 Å². The number of aromatic nitrogens is 1. The highest BCUT2D eigenvalue weighted by Crippen LogP contribution is 2.37. The van der Waals surface area contributed by atoms with Crippen LogP contribution >= 0.6 is 0 Å². The Balaban J connectivity index is 1.79. The molecule has 1 aromatic heterocycles. The van der Waals surface area contributed by atoms with Crippen LogP contribution in [0.5, 0.6) is 0 Å². The molecule has 6 heteroatoms. The fourth-order valence-corrected chi connectivity index (χ4v) is 3.51. The summed E-state index contributed by atoms with van der Waals surface area (Å²) >= 11 is 0. The molecule has 1 amide bonds. The predicted molar refractivity (Wildman–Crippen MR) is 96.0 cm³/mol. The van der Waals surface area contributed by atoms with Gasteiger partial charge in [0.15, 0.2) is 0 Å². The predicted octanol–water partition coefficient (Wildman–Crippen LogP) is 2.61. The number of carbonyl (C=O) groups is 2. The van der Waals surface area contributed by atoms with E-state index < -0.39 is 12.0 Å². The summed E-state index contributed by atoms with van der Waals surface area (Å²) in [5, 5.41) is 12.0. The lowest BCUT2D eigenvalue weighted by Gasteiger charge is -2.27. The molecule has 1 aromatic rings. The molecular formula is C19H29N3O3. The minimum Gasteiger partial charge on any atom is -0.480 e. The molecule has 0 spiro atoms. The Morgan fingerprint density at radius 2 is 2.24 bits per heavy atom. The molecule has 0 aliphatic carbocycles. The number of amides is 1. The Kier molecular flexibility index (Phi) is 7.37. The van der Waals surface area contributed by atoms with Crippen molar-refractivity contribution in [3.05, 3.63) is 30.1 Å². The Bertz CT molecular complexity index is 564. The maximum absolute atomic E-state index is 12.6. The second kappa shape index (κ2) is 9.51. The smallest absolute Gasteiger partial charge is 0.320 e. The van der Waals surface area contributed by atoms with Gasteiger partial charge in [-0.1, -0.05) is 19.9 Å². The number of carbonyl (C=O) groups excluding carboxylic acids is 1. The lowest BCUT2D eigenvalue weighted by Crippen LogP contribution is -2.36. The first kappa shape index (κ1) is 19.4. The topological polar surface area (TPSA) is 82.5 Å². The second-order valence-corrected chi connectivity index (χ2v) is 6.79. The summed E-state index contributed by atoms with van der Waals surface area (Å²) in [5.74, 6) is -0.192. The molecule has 6 nitrogen and oxygen atoms in total. The molecule has 0 unspecified atom stereocenters. The van der Waals surface area contributed by atoms with E-state index in [1.807, 2.05) is 30.2 Å². The van der Waals surface area contributed by atoms with Gasteiger partial charge in [0, 0.05) is 25.4 Å². The van der Waals surface area contributed by atoms with Gasteiger partial charge in [-0.15, -0.1) is 0 Å². The zero-order valence-electron chi connectivity index (χ0n) is 15.1. The third kappa shape index (κ3) is 5.26. The maximum atomic E-state index is 12.6. The number of carboxylic acid groups (broad SMARTS) is 1. The van der Waals surface area contributed by atoms with E-state index >= 15 is 0 Å². The standard InChI is InChI=1S/C19H29N3O3/c1-3-16(19(24)25)21-11-5-4-8-17(23)22-12-9-14(2)18(22)15-7-6-10-20-13-15/h6-7,10,13-14,16,18,21H,3-5,8-9,11-12H2,1-2H3,(H,24,25)/t14-,16+,18+/m0/s1. The van der Waals surface area contributed by atoms with Gasteiger partial charge in [0.05, 0.1) is 6.04 Å². The van der Waals surface area contributed by atoms with E-state index in [-0.39, 0.29) is 11.9 Å². The molecule has 2 heterocycles. The second-order valence-electron chi connectivity index (χ2n) is 6.79.